The topological polar surface area (TPSA) is 49.8 Å². The maximum absolute atomic E-state index is 12.9. The fourth-order valence-corrected chi connectivity index (χ4v) is 3.14. The van der Waals surface area contributed by atoms with Crippen molar-refractivity contribution in [2.45, 2.75) is 31.2 Å². The first-order chi connectivity index (χ1) is 12.8. The summed E-state index contributed by atoms with van der Waals surface area (Å²) in [7, 11) is 0. The first kappa shape index (κ1) is 19.2. The summed E-state index contributed by atoms with van der Waals surface area (Å²) in [5.41, 5.74) is -1.10. The van der Waals surface area contributed by atoms with Crippen LogP contribution in [0.1, 0.15) is 29.5 Å². The molecular formula is C20H20F3NO3. The lowest BCUT2D eigenvalue weighted by Crippen LogP contribution is -2.45. The molecule has 27 heavy (non-hydrogen) atoms. The second kappa shape index (κ2) is 7.60. The van der Waals surface area contributed by atoms with Gasteiger partial charge < -0.3 is 14.7 Å². The molecule has 0 aliphatic carbocycles. The van der Waals surface area contributed by atoms with E-state index in [1.807, 2.05) is 30.3 Å². The van der Waals surface area contributed by atoms with Crippen LogP contribution >= 0.6 is 0 Å². The van der Waals surface area contributed by atoms with Gasteiger partial charge in [-0.3, -0.25) is 0 Å². The van der Waals surface area contributed by atoms with Crippen LogP contribution in [0.4, 0.5) is 18.0 Å². The first-order valence-electron chi connectivity index (χ1n) is 8.64. The summed E-state index contributed by atoms with van der Waals surface area (Å²) in [4.78, 5) is 13.6. The molecule has 0 bridgehead atoms. The summed E-state index contributed by atoms with van der Waals surface area (Å²) in [6.07, 6.45) is -4.66. The van der Waals surface area contributed by atoms with E-state index in [1.165, 1.54) is 17.0 Å². The van der Waals surface area contributed by atoms with Crippen LogP contribution in [0.5, 0.6) is 0 Å². The smallest absolute Gasteiger partial charge is 0.416 e. The monoisotopic (exact) mass is 379 g/mol. The minimum absolute atomic E-state index is 0.147. The number of rotatable bonds is 3. The average Bonchev–Trinajstić information content (AvgIpc) is 2.67. The molecule has 1 fully saturated rings. The lowest BCUT2D eigenvalue weighted by Gasteiger charge is -2.38. The number of aliphatic hydroxyl groups is 1. The highest BCUT2D eigenvalue weighted by Gasteiger charge is 2.38. The fourth-order valence-electron chi connectivity index (χ4n) is 3.14. The van der Waals surface area contributed by atoms with Crippen molar-refractivity contribution >= 4 is 6.09 Å². The van der Waals surface area contributed by atoms with E-state index in [1.54, 1.807) is 0 Å². The molecule has 2 aromatic carbocycles. The summed E-state index contributed by atoms with van der Waals surface area (Å²) >= 11 is 0. The van der Waals surface area contributed by atoms with Crippen LogP contribution in [0.2, 0.25) is 0 Å². The number of benzene rings is 2. The minimum atomic E-state index is -4.46. The molecular weight excluding hydrogens is 359 g/mol. The van der Waals surface area contributed by atoms with E-state index in [0.29, 0.717) is 0 Å². The predicted octanol–water partition coefficient (Wildman–Crippen LogP) is 4.33. The third-order valence-electron chi connectivity index (χ3n) is 4.78. The molecule has 1 heterocycles. The van der Waals surface area contributed by atoms with Gasteiger partial charge in [-0.25, -0.2) is 4.79 Å². The van der Waals surface area contributed by atoms with E-state index >= 15 is 0 Å². The van der Waals surface area contributed by atoms with Crippen LogP contribution in [0.15, 0.2) is 54.6 Å². The van der Waals surface area contributed by atoms with Crippen LogP contribution in [-0.4, -0.2) is 29.2 Å². The number of halogens is 3. The largest absolute Gasteiger partial charge is 0.445 e. The number of hydrogen-bond donors (Lipinski definition) is 1. The van der Waals surface area contributed by atoms with Gasteiger partial charge in [0.25, 0.3) is 0 Å². The zero-order valence-electron chi connectivity index (χ0n) is 14.6. The number of carbonyl (C=O) groups is 1. The van der Waals surface area contributed by atoms with E-state index in [9.17, 15) is 23.1 Å². The highest BCUT2D eigenvalue weighted by atomic mass is 19.4. The maximum Gasteiger partial charge on any atom is 0.416 e. The van der Waals surface area contributed by atoms with Crippen molar-refractivity contribution in [3.63, 3.8) is 0 Å². The molecule has 2 aromatic rings. The zero-order chi connectivity index (χ0) is 19.5. The summed E-state index contributed by atoms with van der Waals surface area (Å²) in [6, 6.07) is 14.0. The van der Waals surface area contributed by atoms with Gasteiger partial charge in [0, 0.05) is 13.1 Å². The van der Waals surface area contributed by atoms with E-state index in [2.05, 4.69) is 0 Å². The average molecular weight is 379 g/mol. The second-order valence-electron chi connectivity index (χ2n) is 6.64. The predicted molar refractivity (Wildman–Crippen MR) is 92.8 cm³/mol. The quantitative estimate of drug-likeness (QED) is 0.864. The van der Waals surface area contributed by atoms with Gasteiger partial charge in [0.05, 0.1) is 11.2 Å². The number of piperidine rings is 1. The van der Waals surface area contributed by atoms with E-state index in [-0.39, 0.29) is 38.1 Å². The van der Waals surface area contributed by atoms with Crippen LogP contribution in [-0.2, 0) is 23.1 Å². The molecule has 4 nitrogen and oxygen atoms in total. The van der Waals surface area contributed by atoms with Crippen LogP contribution < -0.4 is 0 Å². The summed E-state index contributed by atoms with van der Waals surface area (Å²) in [6.45, 7) is 0.564. The highest BCUT2D eigenvalue weighted by Crippen LogP contribution is 2.36. The van der Waals surface area contributed by atoms with Gasteiger partial charge in [-0.1, -0.05) is 42.5 Å². The Morgan fingerprint density at radius 1 is 1.07 bits per heavy atom. The molecule has 1 aliphatic heterocycles. The van der Waals surface area contributed by atoms with Gasteiger partial charge in [0.1, 0.15) is 6.61 Å². The van der Waals surface area contributed by atoms with Crippen molar-refractivity contribution in [2.24, 2.45) is 0 Å². The van der Waals surface area contributed by atoms with Gasteiger partial charge in [0.15, 0.2) is 0 Å². The summed E-state index contributed by atoms with van der Waals surface area (Å²) in [5, 5.41) is 10.8. The Balaban J connectivity index is 1.60. The van der Waals surface area contributed by atoms with Crippen LogP contribution in [0, 0.1) is 0 Å². The third-order valence-corrected chi connectivity index (χ3v) is 4.78. The molecule has 0 saturated carbocycles. The van der Waals surface area contributed by atoms with Crippen molar-refractivity contribution in [3.8, 4) is 0 Å². The van der Waals surface area contributed by atoms with Gasteiger partial charge >= 0.3 is 12.3 Å². The number of hydrogen-bond acceptors (Lipinski definition) is 3. The van der Waals surface area contributed by atoms with E-state index < -0.39 is 23.4 Å². The molecule has 0 atom stereocenters. The van der Waals surface area contributed by atoms with Crippen molar-refractivity contribution in [2.75, 3.05) is 13.1 Å². The first-order valence-corrected chi connectivity index (χ1v) is 8.64. The van der Waals surface area contributed by atoms with Crippen LogP contribution in [0.3, 0.4) is 0 Å². The molecule has 0 aromatic heterocycles. The summed E-state index contributed by atoms with van der Waals surface area (Å²) in [5.74, 6) is 0. The molecule has 1 aliphatic rings. The number of nitrogens with zero attached hydrogens (tertiary/aromatic N) is 1. The molecule has 3 rings (SSSR count). The van der Waals surface area contributed by atoms with Gasteiger partial charge in [0.2, 0.25) is 0 Å². The van der Waals surface area contributed by atoms with Crippen LogP contribution in [0.25, 0.3) is 0 Å². The molecule has 0 unspecified atom stereocenters. The SMILES string of the molecule is O=C(OCc1ccccc1)N1CCC(O)(c2cccc(C(F)(F)F)c2)CC1. The number of ether oxygens (including phenoxy) is 1. The molecule has 7 heteroatoms. The number of alkyl halides is 3. The van der Waals surface area contributed by atoms with Gasteiger partial charge in [-0.05, 0) is 36.1 Å². The maximum atomic E-state index is 12.9. The number of amides is 1. The van der Waals surface area contributed by atoms with Gasteiger partial charge in [-0.15, -0.1) is 0 Å². The Labute approximate surface area is 155 Å². The molecule has 1 N–H and O–H groups in total. The molecule has 1 saturated heterocycles. The Morgan fingerprint density at radius 3 is 2.37 bits per heavy atom. The lowest BCUT2D eigenvalue weighted by atomic mass is 9.84. The van der Waals surface area contributed by atoms with Crippen molar-refractivity contribution < 1.29 is 27.8 Å². The molecule has 0 radical (unpaired) electrons. The molecule has 144 valence electrons. The van der Waals surface area contributed by atoms with Crippen molar-refractivity contribution in [1.82, 2.24) is 4.90 Å². The zero-order valence-corrected chi connectivity index (χ0v) is 14.6. The summed E-state index contributed by atoms with van der Waals surface area (Å²) < 4.78 is 44.0. The number of likely N-dealkylation sites (tertiary alicyclic amines) is 1. The van der Waals surface area contributed by atoms with Gasteiger partial charge in [-0.2, -0.15) is 13.2 Å². The third kappa shape index (κ3) is 4.60. The lowest BCUT2D eigenvalue weighted by molar-refractivity contribution is -0.137. The molecule has 1 amide bonds. The highest BCUT2D eigenvalue weighted by molar-refractivity contribution is 5.67. The normalized spacial score (nSPS) is 16.8. The minimum Gasteiger partial charge on any atom is -0.445 e. The van der Waals surface area contributed by atoms with E-state index in [0.717, 1.165) is 17.7 Å². The standard InChI is InChI=1S/C20H20F3NO3/c21-20(22,23)17-8-4-7-16(13-17)19(26)9-11-24(12-10-19)18(25)27-14-15-5-2-1-3-6-15/h1-8,13,26H,9-12,14H2. The van der Waals surface area contributed by atoms with Crippen molar-refractivity contribution in [3.05, 3.63) is 71.3 Å². The number of carbonyl (C=O) groups excluding carboxylic acids is 1. The van der Waals surface area contributed by atoms with Crippen molar-refractivity contribution in [1.29, 1.82) is 0 Å². The second-order valence-corrected chi connectivity index (χ2v) is 6.64. The Morgan fingerprint density at radius 2 is 1.74 bits per heavy atom. The molecule has 0 spiro atoms. The Bertz CT molecular complexity index is 785. The fraction of sp³-hybridized carbons (Fsp3) is 0.350. The Hall–Kier alpha value is -2.54. The van der Waals surface area contributed by atoms with E-state index in [4.69, 9.17) is 4.74 Å². The Kier molecular flexibility index (Phi) is 5.41.